The molecule has 1 aliphatic carbocycles. The maximum atomic E-state index is 17.2. The number of carbonyl (C=O) groups is 2. The fourth-order valence-electron chi connectivity index (χ4n) is 13.5. The molecule has 2 aromatic heterocycles. The van der Waals surface area contributed by atoms with E-state index in [2.05, 4.69) is 50.6 Å². The van der Waals surface area contributed by atoms with Gasteiger partial charge in [-0.2, -0.15) is 9.97 Å². The van der Waals surface area contributed by atoms with Crippen LogP contribution in [-0.2, 0) is 17.8 Å². The lowest BCUT2D eigenvalue weighted by Crippen LogP contribution is -2.62. The van der Waals surface area contributed by atoms with Crippen molar-refractivity contribution in [3.63, 3.8) is 0 Å². The van der Waals surface area contributed by atoms with Crippen molar-refractivity contribution in [1.29, 1.82) is 0 Å². The zero-order chi connectivity index (χ0) is 51.3. The highest BCUT2D eigenvalue weighted by Crippen LogP contribution is 2.49. The number of nitrogens with one attached hydrogen (secondary N) is 1. The lowest BCUT2D eigenvalue weighted by Gasteiger charge is -2.57. The molecule has 0 unspecified atom stereocenters. The van der Waals surface area contributed by atoms with E-state index >= 15 is 8.78 Å². The van der Waals surface area contributed by atoms with E-state index in [1.807, 2.05) is 17.9 Å². The van der Waals surface area contributed by atoms with Crippen LogP contribution in [0.4, 0.5) is 20.3 Å². The zero-order valence-corrected chi connectivity index (χ0v) is 43.1. The maximum Gasteiger partial charge on any atom is 0.319 e. The molecule has 74 heavy (non-hydrogen) atoms. The summed E-state index contributed by atoms with van der Waals surface area (Å²) in [7, 11) is 0. The van der Waals surface area contributed by atoms with Crippen molar-refractivity contribution < 1.29 is 33.3 Å². The predicted molar refractivity (Wildman–Crippen MR) is 281 cm³/mol. The van der Waals surface area contributed by atoms with Crippen molar-refractivity contribution in [2.24, 2.45) is 16.2 Å². The number of hydrogen-bond donors (Lipinski definition) is 3. The summed E-state index contributed by atoms with van der Waals surface area (Å²) in [5, 5.41) is 26.2. The fourth-order valence-corrected chi connectivity index (χ4v) is 13.5. The van der Waals surface area contributed by atoms with Gasteiger partial charge in [0.15, 0.2) is 5.82 Å². The minimum atomic E-state index is -0.961. The molecule has 0 radical (unpaired) electrons. The van der Waals surface area contributed by atoms with E-state index in [4.69, 9.17) is 14.7 Å². The third-order valence-corrected chi connectivity index (χ3v) is 18.0. The minimum absolute atomic E-state index is 0.0211. The molecular weight excluding hydrogens is 941 g/mol. The summed E-state index contributed by atoms with van der Waals surface area (Å²) in [6.07, 6.45) is 11.2. The molecule has 1 spiro atoms. The first-order valence-corrected chi connectivity index (χ1v) is 27.0. The molecule has 390 valence electrons. The van der Waals surface area contributed by atoms with Gasteiger partial charge >= 0.3 is 6.01 Å². The lowest BCUT2D eigenvalue weighted by molar-refractivity contribution is -0.126. The summed E-state index contributed by atoms with van der Waals surface area (Å²) in [4.78, 5) is 51.7. The number of nitrogens with zero attached hydrogens (tertiary/aromatic N) is 8. The standard InChI is InChI=1S/C58H69F2N9O5/c1-5-41-45(59)11-8-37-26-40(70)27-43(47(37)41)49-48(60)50-44(28-61-49)51(68-20-6-13-56(4,73)31-68)64-54(63-50)74-35-58(14-15-58)34-65-21-16-55(3,17-22-65)30-66-32-57(33-66)18-23-67(24-19-57)39-9-10-42-38(25-39)29-69(53(42)72)46-12-7-36(2)62-52(46)71/h8-11,25-28,46,70,73H,2,5-7,12-24,29-35H2,1,3-4H3,(H,62,71)/t46-,56+/m0/s1. The number of aromatic nitrogens is 3. The summed E-state index contributed by atoms with van der Waals surface area (Å²) in [5.41, 5.74) is 3.86. The second kappa shape index (κ2) is 18.4. The molecule has 14 nitrogen and oxygen atoms in total. The Hall–Kier alpha value is -5.97. The average Bonchev–Trinajstić information content (AvgIpc) is 4.06. The van der Waals surface area contributed by atoms with Crippen molar-refractivity contribution in [2.45, 2.75) is 110 Å². The molecule has 1 saturated carbocycles. The first-order valence-electron chi connectivity index (χ1n) is 27.0. The normalized spacial score (nSPS) is 24.6. The van der Waals surface area contributed by atoms with Crippen molar-refractivity contribution in [1.82, 2.24) is 35.0 Å². The molecular formula is C58H69F2N9O5. The van der Waals surface area contributed by atoms with Crippen molar-refractivity contribution >= 4 is 45.0 Å². The average molecular weight is 1010 g/mol. The molecule has 6 fully saturated rings. The van der Waals surface area contributed by atoms with Gasteiger partial charge in [0, 0.05) is 93.0 Å². The van der Waals surface area contributed by atoms with E-state index in [0.29, 0.717) is 90.4 Å². The van der Waals surface area contributed by atoms with Gasteiger partial charge in [-0.1, -0.05) is 26.5 Å². The summed E-state index contributed by atoms with van der Waals surface area (Å²) in [5.74, 6) is -0.946. The molecule has 3 N–H and O–H groups in total. The van der Waals surface area contributed by atoms with E-state index in [1.165, 1.54) is 17.8 Å². The van der Waals surface area contributed by atoms with Gasteiger partial charge < -0.3 is 44.8 Å². The number of pyridine rings is 1. The number of halogens is 2. The second-order valence-corrected chi connectivity index (χ2v) is 23.9. The Morgan fingerprint density at radius 1 is 0.865 bits per heavy atom. The molecule has 12 rings (SSSR count). The number of β-amino-alcohol motifs (C(OH)–C–C–N with tert-alkyl or cyclic N) is 1. The van der Waals surface area contributed by atoms with Crippen molar-refractivity contribution in [3.8, 4) is 23.0 Å². The third kappa shape index (κ3) is 9.11. The number of hydrogen-bond acceptors (Lipinski definition) is 12. The first-order chi connectivity index (χ1) is 35.5. The van der Waals surface area contributed by atoms with Crippen LogP contribution in [0.2, 0.25) is 0 Å². The molecule has 2 atom stereocenters. The van der Waals surface area contributed by atoms with Gasteiger partial charge in [-0.25, -0.2) is 8.78 Å². The molecule has 3 aromatic carbocycles. The molecule has 5 aromatic rings. The number of benzene rings is 3. The predicted octanol–water partition coefficient (Wildman–Crippen LogP) is 8.35. The molecule has 0 bridgehead atoms. The van der Waals surface area contributed by atoms with E-state index in [1.54, 1.807) is 30.2 Å². The monoisotopic (exact) mass is 1010 g/mol. The topological polar surface area (TPSA) is 151 Å². The van der Waals surface area contributed by atoms with Crippen LogP contribution in [0.15, 0.2) is 60.9 Å². The number of aliphatic hydroxyl groups is 1. The van der Waals surface area contributed by atoms with Gasteiger partial charge in [-0.3, -0.25) is 14.6 Å². The van der Waals surface area contributed by atoms with Crippen LogP contribution in [0.1, 0.15) is 106 Å². The number of piperidine rings is 4. The highest BCUT2D eigenvalue weighted by atomic mass is 19.1. The number of rotatable bonds is 12. The van der Waals surface area contributed by atoms with Crippen LogP contribution in [-0.4, -0.2) is 135 Å². The van der Waals surface area contributed by atoms with E-state index in [0.717, 1.165) is 109 Å². The van der Waals surface area contributed by atoms with Crippen LogP contribution >= 0.6 is 0 Å². The number of likely N-dealkylation sites (tertiary alicyclic amines) is 2. The third-order valence-electron chi connectivity index (χ3n) is 18.0. The number of anilines is 2. The van der Waals surface area contributed by atoms with Crippen LogP contribution in [0.3, 0.4) is 0 Å². The van der Waals surface area contributed by atoms with Crippen molar-refractivity contribution in [2.75, 3.05) is 81.9 Å². The second-order valence-electron chi connectivity index (χ2n) is 23.9. The number of carbonyl (C=O) groups excluding carboxylic acids is 2. The Morgan fingerprint density at radius 2 is 1.65 bits per heavy atom. The van der Waals surface area contributed by atoms with Crippen molar-refractivity contribution in [3.05, 3.63) is 89.3 Å². The smallest absolute Gasteiger partial charge is 0.319 e. The number of ether oxygens (including phenoxy) is 1. The van der Waals surface area contributed by atoms with Gasteiger partial charge in [0.2, 0.25) is 5.91 Å². The Kier molecular flexibility index (Phi) is 12.2. The highest BCUT2D eigenvalue weighted by molar-refractivity contribution is 6.03. The van der Waals surface area contributed by atoms with Gasteiger partial charge in [0.25, 0.3) is 5.91 Å². The van der Waals surface area contributed by atoms with Crippen LogP contribution in [0.25, 0.3) is 32.9 Å². The summed E-state index contributed by atoms with van der Waals surface area (Å²) in [6, 6.07) is 11.8. The summed E-state index contributed by atoms with van der Waals surface area (Å²) < 4.78 is 38.9. The number of phenols is 1. The number of amides is 2. The Labute approximate surface area is 431 Å². The first kappa shape index (κ1) is 48.9. The summed E-state index contributed by atoms with van der Waals surface area (Å²) in [6.45, 7) is 20.2. The van der Waals surface area contributed by atoms with Crippen LogP contribution < -0.4 is 19.9 Å². The molecule has 2 amide bonds. The largest absolute Gasteiger partial charge is 0.508 e. The molecule has 6 aliphatic heterocycles. The maximum absolute atomic E-state index is 17.2. The summed E-state index contributed by atoms with van der Waals surface area (Å²) >= 11 is 0. The lowest BCUT2D eigenvalue weighted by atomic mass is 9.70. The van der Waals surface area contributed by atoms with Crippen LogP contribution in [0.5, 0.6) is 11.8 Å². The Morgan fingerprint density at radius 3 is 2.38 bits per heavy atom. The Bertz CT molecular complexity index is 3080. The Balaban J connectivity index is 0.668. The molecule has 5 saturated heterocycles. The molecule has 16 heteroatoms. The zero-order valence-electron chi connectivity index (χ0n) is 43.1. The molecule has 8 heterocycles. The van der Waals surface area contributed by atoms with E-state index in [-0.39, 0.29) is 51.2 Å². The number of aryl methyl sites for hydroxylation is 1. The fraction of sp³-hybridized carbons (Fsp3) is 0.534. The molecule has 7 aliphatic rings. The van der Waals surface area contributed by atoms with Gasteiger partial charge in [0.1, 0.15) is 34.6 Å². The quantitative estimate of drug-likeness (QED) is 0.110. The van der Waals surface area contributed by atoms with E-state index < -0.39 is 23.3 Å². The number of allylic oxidation sites excluding steroid dienone is 1. The minimum Gasteiger partial charge on any atom is -0.508 e. The van der Waals surface area contributed by atoms with Gasteiger partial charge in [-0.15, -0.1) is 0 Å². The number of phenolic OH excluding ortho intramolecular Hbond substituents is 1. The van der Waals surface area contributed by atoms with E-state index in [9.17, 15) is 19.8 Å². The SMILES string of the molecule is C=C1CC[C@H](N2Cc3cc(N4CCC5(CC4)CN(CC4(C)CCN(CC6(COc7nc(N8CCC[C@@](C)(O)C8)c8cnc(-c9cc(O)cc%10ccc(F)c(CC)c9%10)c(F)c8n7)CC6)CC4)C5)ccc3C2=O)C(=O)N1. The van der Waals surface area contributed by atoms with Gasteiger partial charge in [0.05, 0.1) is 17.6 Å². The highest BCUT2D eigenvalue weighted by Gasteiger charge is 2.49. The van der Waals surface area contributed by atoms with Crippen LogP contribution in [0, 0.1) is 27.9 Å². The van der Waals surface area contributed by atoms with Gasteiger partial charge in [-0.05, 0) is 160 Å². The number of fused-ring (bicyclic) bond motifs is 3. The number of aromatic hydroxyl groups is 1.